The van der Waals surface area contributed by atoms with Crippen LogP contribution in [0.15, 0.2) is 114 Å². The molecule has 35 heavy (non-hydrogen) atoms. The number of ether oxygens (including phenoxy) is 1. The lowest BCUT2D eigenvalue weighted by Gasteiger charge is -2.44. The minimum Gasteiger partial charge on any atom is -0.453 e. The van der Waals surface area contributed by atoms with Gasteiger partial charge < -0.3 is 9.64 Å². The Morgan fingerprint density at radius 3 is 2.34 bits per heavy atom. The van der Waals surface area contributed by atoms with Crippen molar-refractivity contribution in [1.82, 2.24) is 5.01 Å². The summed E-state index contributed by atoms with van der Waals surface area (Å²) in [6.07, 6.45) is 0.709. The van der Waals surface area contributed by atoms with E-state index >= 15 is 0 Å². The summed E-state index contributed by atoms with van der Waals surface area (Å²) >= 11 is 0. The fourth-order valence-corrected chi connectivity index (χ4v) is 5.55. The zero-order valence-electron chi connectivity index (χ0n) is 19.0. The molecule has 3 heterocycles. The van der Waals surface area contributed by atoms with Gasteiger partial charge in [0.2, 0.25) is 0 Å². The molecular weight excluding hydrogens is 434 g/mol. The topological polar surface area (TPSA) is 45.1 Å². The maximum absolute atomic E-state index is 14.4. The lowest BCUT2D eigenvalue weighted by atomic mass is 9.92. The molecule has 0 N–H and O–H groups in total. The van der Waals surface area contributed by atoms with Gasteiger partial charge in [0, 0.05) is 12.0 Å². The molecule has 4 aromatic carbocycles. The molecule has 0 radical (unpaired) electrons. The second-order valence-electron chi connectivity index (χ2n) is 9.16. The molecule has 170 valence electrons. The van der Waals surface area contributed by atoms with Crippen LogP contribution in [0.2, 0.25) is 0 Å². The van der Waals surface area contributed by atoms with Crippen LogP contribution in [0.5, 0.6) is 5.75 Å². The Bertz CT molecular complexity index is 1470. The Hall–Kier alpha value is -4.38. The van der Waals surface area contributed by atoms with E-state index in [1.807, 2.05) is 101 Å². The van der Waals surface area contributed by atoms with E-state index in [0.717, 1.165) is 39.4 Å². The molecule has 4 aromatic rings. The Labute approximate surface area is 203 Å². The third-order valence-electron chi connectivity index (χ3n) is 7.15. The molecule has 1 amide bonds. The molecule has 0 aliphatic carbocycles. The van der Waals surface area contributed by atoms with Gasteiger partial charge >= 0.3 is 5.72 Å². The van der Waals surface area contributed by atoms with E-state index in [0.29, 0.717) is 13.0 Å². The van der Waals surface area contributed by atoms with Gasteiger partial charge in [0.05, 0.1) is 29.5 Å². The fraction of sp³-hybridized carbons (Fsp3) is 0.133. The van der Waals surface area contributed by atoms with Crippen LogP contribution in [0.4, 0.5) is 5.69 Å². The average molecular weight is 458 g/mol. The predicted octanol–water partition coefficient (Wildman–Crippen LogP) is 5.63. The molecule has 0 unspecified atom stereocenters. The number of para-hydroxylation sites is 2. The van der Waals surface area contributed by atoms with E-state index in [-0.39, 0.29) is 11.9 Å². The van der Waals surface area contributed by atoms with Gasteiger partial charge in [0.15, 0.2) is 0 Å². The largest absolute Gasteiger partial charge is 0.453 e. The molecule has 3 aliphatic rings. The number of hydrogen-bond acceptors (Lipinski definition) is 4. The fourth-order valence-electron chi connectivity index (χ4n) is 5.55. The summed E-state index contributed by atoms with van der Waals surface area (Å²) in [5, 5.41) is 7.00. The molecule has 5 nitrogen and oxygen atoms in total. The second-order valence-corrected chi connectivity index (χ2v) is 9.16. The highest BCUT2D eigenvalue weighted by atomic mass is 16.5. The SMILES string of the molecule is O=C1N(Cc2ccccc2)c2ccccc2[C@]12Oc1ccccc1[C@@H]1CC(c3ccccc3)=NN12. The molecular formula is C30H23N3O2. The van der Waals surface area contributed by atoms with Gasteiger partial charge in [0.1, 0.15) is 5.75 Å². The van der Waals surface area contributed by atoms with E-state index in [9.17, 15) is 4.79 Å². The van der Waals surface area contributed by atoms with Crippen molar-refractivity contribution in [2.75, 3.05) is 4.90 Å². The van der Waals surface area contributed by atoms with Gasteiger partial charge in [0.25, 0.3) is 5.91 Å². The summed E-state index contributed by atoms with van der Waals surface area (Å²) in [6, 6.07) is 36.1. The summed E-state index contributed by atoms with van der Waals surface area (Å²) in [6.45, 7) is 0.469. The summed E-state index contributed by atoms with van der Waals surface area (Å²) in [5.41, 5.74) is 4.49. The molecule has 0 fully saturated rings. The zero-order valence-corrected chi connectivity index (χ0v) is 19.0. The van der Waals surface area contributed by atoms with Crippen molar-refractivity contribution in [2.24, 2.45) is 5.10 Å². The first-order valence-corrected chi connectivity index (χ1v) is 11.9. The normalized spacial score (nSPS) is 21.9. The highest BCUT2D eigenvalue weighted by Crippen LogP contribution is 2.55. The molecule has 5 heteroatoms. The Kier molecular flexibility index (Phi) is 4.33. The van der Waals surface area contributed by atoms with Gasteiger partial charge in [-0.05, 0) is 23.3 Å². The smallest absolute Gasteiger partial charge is 0.306 e. The van der Waals surface area contributed by atoms with E-state index < -0.39 is 5.72 Å². The molecule has 0 bridgehead atoms. The van der Waals surface area contributed by atoms with Crippen LogP contribution in [0.1, 0.15) is 34.7 Å². The number of fused-ring (bicyclic) bond motifs is 6. The molecule has 3 aliphatic heterocycles. The second kappa shape index (κ2) is 7.57. The van der Waals surface area contributed by atoms with Crippen molar-refractivity contribution in [3.05, 3.63) is 131 Å². The number of carbonyl (C=O) groups excluding carboxylic acids is 1. The van der Waals surface area contributed by atoms with E-state index in [4.69, 9.17) is 9.84 Å². The minimum atomic E-state index is -1.35. The molecule has 0 saturated carbocycles. The first-order valence-electron chi connectivity index (χ1n) is 11.9. The van der Waals surface area contributed by atoms with Crippen LogP contribution in [0.3, 0.4) is 0 Å². The van der Waals surface area contributed by atoms with E-state index in [1.165, 1.54) is 0 Å². The van der Waals surface area contributed by atoms with Crippen LogP contribution in [-0.2, 0) is 17.1 Å². The van der Waals surface area contributed by atoms with Crippen molar-refractivity contribution in [3.63, 3.8) is 0 Å². The maximum atomic E-state index is 14.4. The van der Waals surface area contributed by atoms with Crippen LogP contribution >= 0.6 is 0 Å². The lowest BCUT2D eigenvalue weighted by Crippen LogP contribution is -2.57. The van der Waals surface area contributed by atoms with Crippen LogP contribution < -0.4 is 9.64 Å². The van der Waals surface area contributed by atoms with Gasteiger partial charge in [-0.25, -0.2) is 5.01 Å². The van der Waals surface area contributed by atoms with Crippen molar-refractivity contribution >= 4 is 17.3 Å². The highest BCUT2D eigenvalue weighted by Gasteiger charge is 2.63. The summed E-state index contributed by atoms with van der Waals surface area (Å²) in [4.78, 5) is 16.3. The third-order valence-corrected chi connectivity index (χ3v) is 7.15. The molecule has 0 aromatic heterocycles. The molecule has 0 saturated heterocycles. The summed E-state index contributed by atoms with van der Waals surface area (Å²) in [5.74, 6) is 0.628. The van der Waals surface area contributed by atoms with Crippen molar-refractivity contribution in [1.29, 1.82) is 0 Å². The average Bonchev–Trinajstić information content (AvgIpc) is 3.46. The number of rotatable bonds is 3. The number of amides is 1. The molecule has 1 spiro atoms. The van der Waals surface area contributed by atoms with Crippen molar-refractivity contribution in [3.8, 4) is 5.75 Å². The summed E-state index contributed by atoms with van der Waals surface area (Å²) in [7, 11) is 0. The number of anilines is 1. The van der Waals surface area contributed by atoms with Crippen LogP contribution in [0, 0.1) is 0 Å². The Morgan fingerprint density at radius 2 is 1.51 bits per heavy atom. The molecule has 2 atom stereocenters. The van der Waals surface area contributed by atoms with E-state index in [2.05, 4.69) is 18.2 Å². The maximum Gasteiger partial charge on any atom is 0.306 e. The van der Waals surface area contributed by atoms with Crippen molar-refractivity contribution < 1.29 is 9.53 Å². The number of hydrogen-bond donors (Lipinski definition) is 0. The van der Waals surface area contributed by atoms with Crippen LogP contribution in [0.25, 0.3) is 0 Å². The van der Waals surface area contributed by atoms with Gasteiger partial charge in [-0.3, -0.25) is 4.79 Å². The van der Waals surface area contributed by atoms with Gasteiger partial charge in [-0.2, -0.15) is 5.10 Å². The van der Waals surface area contributed by atoms with Gasteiger partial charge in [-0.15, -0.1) is 0 Å². The summed E-state index contributed by atoms with van der Waals surface area (Å²) < 4.78 is 6.71. The standard InChI is InChI=1S/C30H23N3O2/c34-29-30(24-16-8-9-17-26(24)32(29)20-21-11-3-1-4-12-21)33-27(23-15-7-10-18-28(23)35-30)19-25(31-33)22-13-5-2-6-14-22/h1-18,27H,19-20H2/t27-,30-/m0/s1. The molecule has 7 rings (SSSR count). The van der Waals surface area contributed by atoms with Crippen LogP contribution in [-0.4, -0.2) is 16.6 Å². The first-order chi connectivity index (χ1) is 17.3. The number of benzene rings is 4. The quantitative estimate of drug-likeness (QED) is 0.401. The van der Waals surface area contributed by atoms with Gasteiger partial charge in [-0.1, -0.05) is 97.1 Å². The predicted molar refractivity (Wildman–Crippen MR) is 135 cm³/mol. The third kappa shape index (κ3) is 2.88. The number of carbonyl (C=O) groups is 1. The van der Waals surface area contributed by atoms with Crippen molar-refractivity contribution in [2.45, 2.75) is 24.7 Å². The minimum absolute atomic E-state index is 0.0937. The number of hydrazone groups is 1. The monoisotopic (exact) mass is 457 g/mol. The van der Waals surface area contributed by atoms with E-state index in [1.54, 1.807) is 0 Å². The first kappa shape index (κ1) is 20.0. The lowest BCUT2D eigenvalue weighted by molar-refractivity contribution is -0.164. The number of nitrogens with zero attached hydrogens (tertiary/aromatic N) is 3. The highest BCUT2D eigenvalue weighted by molar-refractivity contribution is 6.08. The Balaban J connectivity index is 1.41. The Morgan fingerprint density at radius 1 is 0.829 bits per heavy atom. The zero-order chi connectivity index (χ0) is 23.4.